The van der Waals surface area contributed by atoms with E-state index in [1.165, 1.54) is 18.2 Å². The van der Waals surface area contributed by atoms with E-state index >= 15 is 0 Å². The van der Waals surface area contributed by atoms with E-state index in [2.05, 4.69) is 15.5 Å². The molecule has 0 aliphatic heterocycles. The Morgan fingerprint density at radius 2 is 1.94 bits per heavy atom. The zero-order valence-corrected chi connectivity index (χ0v) is 9.45. The third-order valence-corrected chi connectivity index (χ3v) is 2.26. The monoisotopic (exact) mass is 257 g/mol. The number of hydrogen-bond acceptors (Lipinski definition) is 4. The summed E-state index contributed by atoms with van der Waals surface area (Å²) in [6, 6.07) is 5.10. The van der Waals surface area contributed by atoms with Gasteiger partial charge in [0.1, 0.15) is 0 Å². The number of alkyl halides is 3. The van der Waals surface area contributed by atoms with Crippen LogP contribution in [0.4, 0.5) is 13.2 Å². The first-order chi connectivity index (χ1) is 8.52. The number of benzene rings is 1. The van der Waals surface area contributed by atoms with Crippen molar-refractivity contribution in [1.29, 1.82) is 0 Å². The van der Waals surface area contributed by atoms with Crippen molar-refractivity contribution in [2.24, 2.45) is 0 Å². The van der Waals surface area contributed by atoms with Gasteiger partial charge in [0.15, 0.2) is 0 Å². The molecule has 0 spiro atoms. The zero-order chi connectivity index (χ0) is 13.2. The molecule has 1 N–H and O–H groups in total. The maximum atomic E-state index is 12.8. The molecule has 1 aromatic heterocycles. The Hall–Kier alpha value is -1.89. The fourth-order valence-electron chi connectivity index (χ4n) is 1.50. The summed E-state index contributed by atoms with van der Waals surface area (Å²) in [5.74, 6) is 0.109. The Morgan fingerprint density at radius 1 is 1.22 bits per heavy atom. The van der Waals surface area contributed by atoms with Crippen molar-refractivity contribution < 1.29 is 17.6 Å². The second-order valence-electron chi connectivity index (χ2n) is 3.57. The Bertz CT molecular complexity index is 536. The summed E-state index contributed by atoms with van der Waals surface area (Å²) in [6.45, 7) is 0.307. The normalized spacial score (nSPS) is 11.8. The highest BCUT2D eigenvalue weighted by Gasteiger charge is 2.34. The smallest absolute Gasteiger partial charge is 0.417 e. The van der Waals surface area contributed by atoms with Crippen LogP contribution in [0.2, 0.25) is 0 Å². The molecule has 18 heavy (non-hydrogen) atoms. The summed E-state index contributed by atoms with van der Waals surface area (Å²) in [5.41, 5.74) is -0.899. The van der Waals surface area contributed by atoms with E-state index in [0.29, 0.717) is 6.54 Å². The molecule has 0 amide bonds. The van der Waals surface area contributed by atoms with Crippen LogP contribution in [-0.2, 0) is 12.7 Å². The van der Waals surface area contributed by atoms with Crippen molar-refractivity contribution in [3.8, 4) is 11.5 Å². The highest BCUT2D eigenvalue weighted by molar-refractivity contribution is 5.59. The summed E-state index contributed by atoms with van der Waals surface area (Å²) in [5, 5.41) is 10.1. The van der Waals surface area contributed by atoms with Gasteiger partial charge in [-0.15, -0.1) is 10.2 Å². The molecule has 96 valence electrons. The van der Waals surface area contributed by atoms with E-state index < -0.39 is 11.7 Å². The van der Waals surface area contributed by atoms with Gasteiger partial charge in [0.05, 0.1) is 17.7 Å². The van der Waals surface area contributed by atoms with Gasteiger partial charge in [0, 0.05) is 0 Å². The van der Waals surface area contributed by atoms with Gasteiger partial charge in [-0.2, -0.15) is 13.2 Å². The van der Waals surface area contributed by atoms with Gasteiger partial charge in [-0.1, -0.05) is 12.1 Å². The lowest BCUT2D eigenvalue weighted by Crippen LogP contribution is -2.06. The molecule has 0 saturated carbocycles. The van der Waals surface area contributed by atoms with Crippen LogP contribution in [0.3, 0.4) is 0 Å². The Morgan fingerprint density at radius 3 is 2.61 bits per heavy atom. The summed E-state index contributed by atoms with van der Waals surface area (Å²) in [6.07, 6.45) is -4.45. The average Bonchev–Trinajstić information content (AvgIpc) is 2.77. The van der Waals surface area contributed by atoms with Crippen molar-refractivity contribution in [3.63, 3.8) is 0 Å². The quantitative estimate of drug-likeness (QED) is 0.917. The molecular weight excluding hydrogens is 247 g/mol. The van der Waals surface area contributed by atoms with Gasteiger partial charge in [-0.25, -0.2) is 0 Å². The van der Waals surface area contributed by atoms with E-state index in [-0.39, 0.29) is 17.3 Å². The van der Waals surface area contributed by atoms with E-state index in [9.17, 15) is 13.2 Å². The number of hydrogen-bond donors (Lipinski definition) is 1. The fourth-order valence-corrected chi connectivity index (χ4v) is 1.50. The molecule has 0 bridgehead atoms. The molecule has 0 unspecified atom stereocenters. The van der Waals surface area contributed by atoms with Crippen LogP contribution < -0.4 is 5.32 Å². The molecule has 0 radical (unpaired) electrons. The number of aromatic nitrogens is 2. The maximum absolute atomic E-state index is 12.8. The van der Waals surface area contributed by atoms with Gasteiger partial charge >= 0.3 is 6.18 Å². The van der Waals surface area contributed by atoms with Crippen molar-refractivity contribution in [3.05, 3.63) is 35.7 Å². The molecule has 0 fully saturated rings. The highest BCUT2D eigenvalue weighted by atomic mass is 19.4. The van der Waals surface area contributed by atoms with Crippen molar-refractivity contribution in [2.75, 3.05) is 7.05 Å². The molecule has 0 aliphatic rings. The predicted octanol–water partition coefficient (Wildman–Crippen LogP) is 2.47. The van der Waals surface area contributed by atoms with Gasteiger partial charge in [-0.05, 0) is 19.2 Å². The first-order valence-corrected chi connectivity index (χ1v) is 5.16. The molecule has 2 aromatic rings. The first-order valence-electron chi connectivity index (χ1n) is 5.16. The second kappa shape index (κ2) is 4.77. The standard InChI is InChI=1S/C11H10F3N3O/c1-15-6-9-16-17-10(18-9)7-4-2-3-5-8(7)11(12,13)14/h2-5,15H,6H2,1H3. The van der Waals surface area contributed by atoms with Crippen molar-refractivity contribution >= 4 is 0 Å². The minimum absolute atomic E-state index is 0.111. The maximum Gasteiger partial charge on any atom is 0.417 e. The third-order valence-electron chi connectivity index (χ3n) is 2.26. The first kappa shape index (κ1) is 12.6. The van der Waals surface area contributed by atoms with E-state index in [1.54, 1.807) is 7.05 Å². The van der Waals surface area contributed by atoms with Gasteiger partial charge < -0.3 is 9.73 Å². The Kier molecular flexibility index (Phi) is 3.33. The Balaban J connectivity index is 2.43. The van der Waals surface area contributed by atoms with Crippen molar-refractivity contribution in [1.82, 2.24) is 15.5 Å². The van der Waals surface area contributed by atoms with E-state index in [0.717, 1.165) is 6.07 Å². The molecule has 0 aliphatic carbocycles. The zero-order valence-electron chi connectivity index (χ0n) is 9.45. The van der Waals surface area contributed by atoms with E-state index in [1.807, 2.05) is 0 Å². The SMILES string of the molecule is CNCc1nnc(-c2ccccc2C(F)(F)F)o1. The fraction of sp³-hybridized carbons (Fsp3) is 0.273. The van der Waals surface area contributed by atoms with Crippen LogP contribution >= 0.6 is 0 Å². The minimum atomic E-state index is -4.45. The molecule has 7 heteroatoms. The van der Waals surface area contributed by atoms with Crippen LogP contribution in [0.5, 0.6) is 0 Å². The molecule has 1 heterocycles. The molecular formula is C11H10F3N3O. The lowest BCUT2D eigenvalue weighted by Gasteiger charge is -2.09. The molecule has 0 saturated heterocycles. The second-order valence-corrected chi connectivity index (χ2v) is 3.57. The molecule has 1 aromatic carbocycles. The van der Waals surface area contributed by atoms with Crippen LogP contribution in [0.15, 0.2) is 28.7 Å². The predicted molar refractivity (Wildman–Crippen MR) is 57.5 cm³/mol. The summed E-state index contributed by atoms with van der Waals surface area (Å²) in [7, 11) is 1.67. The average molecular weight is 257 g/mol. The van der Waals surface area contributed by atoms with E-state index in [4.69, 9.17) is 4.42 Å². The Labute approximate surface area is 101 Å². The molecule has 0 atom stereocenters. The number of rotatable bonds is 3. The van der Waals surface area contributed by atoms with Crippen LogP contribution in [0.1, 0.15) is 11.5 Å². The lowest BCUT2D eigenvalue weighted by molar-refractivity contribution is -0.137. The summed E-state index contributed by atoms with van der Waals surface area (Å²) >= 11 is 0. The lowest BCUT2D eigenvalue weighted by atomic mass is 10.1. The number of nitrogens with one attached hydrogen (secondary N) is 1. The topological polar surface area (TPSA) is 51.0 Å². The van der Waals surface area contributed by atoms with Crippen LogP contribution in [0, 0.1) is 0 Å². The molecule has 4 nitrogen and oxygen atoms in total. The largest absolute Gasteiger partial charge is 0.419 e. The van der Waals surface area contributed by atoms with Gasteiger partial charge in [0.2, 0.25) is 11.8 Å². The summed E-state index contributed by atoms with van der Waals surface area (Å²) in [4.78, 5) is 0. The van der Waals surface area contributed by atoms with Crippen LogP contribution in [0.25, 0.3) is 11.5 Å². The third kappa shape index (κ3) is 2.51. The number of nitrogens with zero attached hydrogens (tertiary/aromatic N) is 2. The molecule has 2 rings (SSSR count). The number of halogens is 3. The van der Waals surface area contributed by atoms with Crippen molar-refractivity contribution in [2.45, 2.75) is 12.7 Å². The minimum Gasteiger partial charge on any atom is -0.419 e. The van der Waals surface area contributed by atoms with Gasteiger partial charge in [-0.3, -0.25) is 0 Å². The highest BCUT2D eigenvalue weighted by Crippen LogP contribution is 2.36. The van der Waals surface area contributed by atoms with Crippen LogP contribution in [-0.4, -0.2) is 17.2 Å². The van der Waals surface area contributed by atoms with Gasteiger partial charge in [0.25, 0.3) is 0 Å². The summed E-state index contributed by atoms with van der Waals surface area (Å²) < 4.78 is 43.5.